The molecule has 0 bridgehead atoms. The van der Waals surface area contributed by atoms with Crippen LogP contribution in [0.5, 0.6) is 17.2 Å². The Morgan fingerprint density at radius 3 is 2.59 bits per heavy atom. The molecule has 2 aromatic heterocycles. The number of halogens is 1. The second kappa shape index (κ2) is 9.86. The topological polar surface area (TPSA) is 127 Å². The van der Waals surface area contributed by atoms with Crippen LogP contribution in [0.4, 0.5) is 15.0 Å². The van der Waals surface area contributed by atoms with Gasteiger partial charge in [-0.05, 0) is 57.9 Å². The molecule has 1 spiro atoms. The van der Waals surface area contributed by atoms with Crippen molar-refractivity contribution in [2.24, 2.45) is 5.41 Å². The Labute approximate surface area is 235 Å². The highest BCUT2D eigenvalue weighted by atomic mass is 19.1. The molecule has 1 saturated carbocycles. The van der Waals surface area contributed by atoms with E-state index < -0.39 is 17.4 Å². The minimum Gasteiger partial charge on any atom is -0.490 e. The van der Waals surface area contributed by atoms with Crippen molar-refractivity contribution in [3.05, 3.63) is 65.6 Å². The second-order valence-electron chi connectivity index (χ2n) is 11.8. The number of benzene rings is 1. The molecular weight excluding hydrogens is 533 g/mol. The summed E-state index contributed by atoms with van der Waals surface area (Å²) in [5, 5.41) is 9.45. The van der Waals surface area contributed by atoms with Crippen LogP contribution >= 0.6 is 0 Å². The summed E-state index contributed by atoms with van der Waals surface area (Å²) in [5.74, 6) is -0.355. The molecule has 2 fully saturated rings. The van der Waals surface area contributed by atoms with E-state index in [0.717, 1.165) is 55.1 Å². The monoisotopic (exact) mass is 563 g/mol. The molecule has 1 aromatic carbocycles. The molecule has 0 radical (unpaired) electrons. The third-order valence-corrected chi connectivity index (χ3v) is 7.46. The molecule has 11 nitrogen and oxygen atoms in total. The zero-order chi connectivity index (χ0) is 28.9. The molecule has 0 atom stereocenters. The second-order valence-corrected chi connectivity index (χ2v) is 11.8. The number of amides is 1. The van der Waals surface area contributed by atoms with Crippen LogP contribution < -0.4 is 14.4 Å². The number of ether oxygens (including phenoxy) is 3. The first kappa shape index (κ1) is 26.7. The normalized spacial score (nSPS) is 17.5. The summed E-state index contributed by atoms with van der Waals surface area (Å²) in [6.45, 7) is 7.77. The number of carbonyl (C=O) groups is 2. The van der Waals surface area contributed by atoms with Gasteiger partial charge in [0.2, 0.25) is 0 Å². The number of carbonyl (C=O) groups excluding carboxylic acids is 1. The summed E-state index contributed by atoms with van der Waals surface area (Å²) in [6.07, 6.45) is 5.98. The largest absolute Gasteiger partial charge is 0.490 e. The Hall–Kier alpha value is -4.48. The van der Waals surface area contributed by atoms with Gasteiger partial charge in [0.25, 0.3) is 0 Å². The number of hydrogen-bond acceptors (Lipinski definition) is 9. The molecular formula is C29H30FN5O6. The summed E-state index contributed by atoms with van der Waals surface area (Å²) in [5.41, 5.74) is 0.958. The summed E-state index contributed by atoms with van der Waals surface area (Å²) < 4.78 is 31.3. The predicted molar refractivity (Wildman–Crippen MR) is 143 cm³/mol. The van der Waals surface area contributed by atoms with Gasteiger partial charge in [0.1, 0.15) is 40.9 Å². The van der Waals surface area contributed by atoms with E-state index in [1.165, 1.54) is 18.6 Å². The van der Waals surface area contributed by atoms with Crippen molar-refractivity contribution < 1.29 is 33.3 Å². The molecule has 1 N–H and O–H groups in total. The van der Waals surface area contributed by atoms with Crippen molar-refractivity contribution in [1.29, 1.82) is 0 Å². The van der Waals surface area contributed by atoms with E-state index in [4.69, 9.17) is 14.2 Å². The van der Waals surface area contributed by atoms with Gasteiger partial charge in [-0.3, -0.25) is 9.88 Å². The number of carboxylic acid groups (broad SMARTS) is 1. The quantitative estimate of drug-likeness (QED) is 0.447. The highest BCUT2D eigenvalue weighted by molar-refractivity contribution is 5.91. The fraction of sp³-hybridized carbons (Fsp3) is 0.414. The Kier molecular flexibility index (Phi) is 6.43. The molecule has 3 aliphatic rings. The van der Waals surface area contributed by atoms with E-state index in [1.54, 1.807) is 11.1 Å². The maximum atomic E-state index is 13.6. The highest BCUT2D eigenvalue weighted by Gasteiger charge is 2.54. The number of pyridine rings is 1. The van der Waals surface area contributed by atoms with Gasteiger partial charge in [-0.2, -0.15) is 0 Å². The third kappa shape index (κ3) is 5.33. The van der Waals surface area contributed by atoms with Gasteiger partial charge in [-0.25, -0.2) is 23.9 Å². The van der Waals surface area contributed by atoms with Gasteiger partial charge >= 0.3 is 12.1 Å². The zero-order valence-corrected chi connectivity index (χ0v) is 23.0. The van der Waals surface area contributed by atoms with Crippen LogP contribution in [-0.2, 0) is 17.8 Å². The van der Waals surface area contributed by atoms with Gasteiger partial charge in [-0.15, -0.1) is 0 Å². The van der Waals surface area contributed by atoms with Crippen LogP contribution in [0, 0.1) is 11.2 Å². The van der Waals surface area contributed by atoms with Gasteiger partial charge in [0, 0.05) is 30.3 Å². The Balaban J connectivity index is 1.07. The first-order valence-corrected chi connectivity index (χ1v) is 13.4. The molecule has 12 heteroatoms. The standard InChI is InChI=1S/C29H30FN5O6/c1-28(2,3)41-27(38)34-12-20-21(13-34)32-7-6-23(20)39-18-9-29(10-18)14-35(15-29)25-24(11-31-16-33-25)40-22-5-4-17(30)8-19(22)26(36)37/h4-8,11,16,18H,9-10,12-15H2,1-3H3,(H,36,37). The molecule has 3 aromatic rings. The Morgan fingerprint density at radius 1 is 1.07 bits per heavy atom. The Bertz CT molecular complexity index is 1510. The maximum Gasteiger partial charge on any atom is 0.410 e. The van der Waals surface area contributed by atoms with Crippen molar-refractivity contribution in [2.75, 3.05) is 18.0 Å². The van der Waals surface area contributed by atoms with E-state index in [2.05, 4.69) is 19.9 Å². The van der Waals surface area contributed by atoms with Crippen LogP contribution in [0.3, 0.4) is 0 Å². The summed E-state index contributed by atoms with van der Waals surface area (Å²) in [7, 11) is 0. The lowest BCUT2D eigenvalue weighted by Crippen LogP contribution is -2.65. The van der Waals surface area contributed by atoms with E-state index >= 15 is 0 Å². The molecule has 1 aliphatic carbocycles. The number of fused-ring (bicyclic) bond motifs is 1. The van der Waals surface area contributed by atoms with Crippen LogP contribution in [0.25, 0.3) is 0 Å². The van der Waals surface area contributed by atoms with Crippen LogP contribution in [0.1, 0.15) is 55.2 Å². The minimum atomic E-state index is -1.29. The summed E-state index contributed by atoms with van der Waals surface area (Å²) in [4.78, 5) is 40.7. The van der Waals surface area contributed by atoms with Gasteiger partial charge in [-0.1, -0.05) is 0 Å². The molecule has 4 heterocycles. The lowest BCUT2D eigenvalue weighted by molar-refractivity contribution is -0.0349. The SMILES string of the molecule is CC(C)(C)OC(=O)N1Cc2nccc(OC3CC4(C3)CN(c3ncncc3Oc3ccc(F)cc3C(=O)O)C4)c2C1. The number of carboxylic acids is 1. The van der Waals surface area contributed by atoms with E-state index in [9.17, 15) is 19.1 Å². The lowest BCUT2D eigenvalue weighted by atomic mass is 9.61. The first-order valence-electron chi connectivity index (χ1n) is 13.4. The fourth-order valence-electron chi connectivity index (χ4n) is 5.65. The van der Waals surface area contributed by atoms with Gasteiger partial charge in [0.15, 0.2) is 11.6 Å². The maximum absolute atomic E-state index is 13.6. The summed E-state index contributed by atoms with van der Waals surface area (Å²) in [6, 6.07) is 5.19. The number of nitrogens with zero attached hydrogens (tertiary/aromatic N) is 5. The van der Waals surface area contributed by atoms with Crippen LogP contribution in [0.15, 0.2) is 43.0 Å². The molecule has 2 aliphatic heterocycles. The minimum absolute atomic E-state index is 0.0115. The molecule has 1 saturated heterocycles. The third-order valence-electron chi connectivity index (χ3n) is 7.46. The van der Waals surface area contributed by atoms with Crippen molar-refractivity contribution in [1.82, 2.24) is 19.9 Å². The lowest BCUT2D eigenvalue weighted by Gasteiger charge is -2.58. The number of aromatic carboxylic acids is 1. The highest BCUT2D eigenvalue weighted by Crippen LogP contribution is 2.52. The number of anilines is 1. The van der Waals surface area contributed by atoms with E-state index in [-0.39, 0.29) is 28.9 Å². The number of rotatable bonds is 6. The van der Waals surface area contributed by atoms with Crippen LogP contribution in [0.2, 0.25) is 0 Å². The average molecular weight is 564 g/mol. The van der Waals surface area contributed by atoms with Crippen molar-refractivity contribution in [2.45, 2.75) is 58.4 Å². The molecule has 6 rings (SSSR count). The van der Waals surface area contributed by atoms with Crippen LogP contribution in [-0.4, -0.2) is 61.8 Å². The zero-order valence-electron chi connectivity index (χ0n) is 23.0. The van der Waals surface area contributed by atoms with Crippen molar-refractivity contribution >= 4 is 17.9 Å². The molecule has 214 valence electrons. The molecule has 1 amide bonds. The van der Waals surface area contributed by atoms with Gasteiger partial charge < -0.3 is 24.2 Å². The van der Waals surface area contributed by atoms with Crippen molar-refractivity contribution in [3.8, 4) is 17.2 Å². The molecule has 0 unspecified atom stereocenters. The van der Waals surface area contributed by atoms with E-state index in [1.807, 2.05) is 26.8 Å². The predicted octanol–water partition coefficient (Wildman–Crippen LogP) is 4.80. The number of hydrogen-bond donors (Lipinski definition) is 1. The first-order chi connectivity index (χ1) is 19.5. The van der Waals surface area contributed by atoms with Crippen molar-refractivity contribution in [3.63, 3.8) is 0 Å². The fourth-order valence-corrected chi connectivity index (χ4v) is 5.65. The van der Waals surface area contributed by atoms with E-state index in [0.29, 0.717) is 24.7 Å². The number of aromatic nitrogens is 3. The average Bonchev–Trinajstić information content (AvgIpc) is 3.31. The Morgan fingerprint density at radius 2 is 1.85 bits per heavy atom. The smallest absolute Gasteiger partial charge is 0.410 e. The van der Waals surface area contributed by atoms with Gasteiger partial charge in [0.05, 0.1) is 25.0 Å². The molecule has 41 heavy (non-hydrogen) atoms. The summed E-state index contributed by atoms with van der Waals surface area (Å²) >= 11 is 0.